The topological polar surface area (TPSA) is 66.3 Å². The number of hydrogen-bond donors (Lipinski definition) is 1. The average Bonchev–Trinajstić information content (AvgIpc) is 3.21. The molecule has 0 atom stereocenters. The van der Waals surface area contributed by atoms with Crippen LogP contribution in [0.25, 0.3) is 0 Å². The van der Waals surface area contributed by atoms with Gasteiger partial charge in [-0.25, -0.2) is 4.98 Å². The minimum Gasteiger partial charge on any atom is -0.392 e. The number of hydrogen-bond acceptors (Lipinski definition) is 5. The van der Waals surface area contributed by atoms with Gasteiger partial charge < -0.3 is 10.0 Å². The van der Waals surface area contributed by atoms with E-state index >= 15 is 0 Å². The van der Waals surface area contributed by atoms with Crippen molar-refractivity contribution in [3.05, 3.63) is 81.6 Å². The molecule has 28 heavy (non-hydrogen) atoms. The van der Waals surface area contributed by atoms with E-state index in [1.807, 2.05) is 17.9 Å². The van der Waals surface area contributed by atoms with Gasteiger partial charge in [0.25, 0.3) is 5.91 Å². The van der Waals surface area contributed by atoms with Gasteiger partial charge in [0.15, 0.2) is 0 Å². The Morgan fingerprint density at radius 1 is 1.21 bits per heavy atom. The first-order chi connectivity index (χ1) is 13.6. The highest BCUT2D eigenvalue weighted by Crippen LogP contribution is 2.42. The number of rotatable bonds is 4. The lowest BCUT2D eigenvalue weighted by atomic mass is 9.70. The molecule has 0 spiro atoms. The number of carbonyl (C=O) groups excluding carboxylic acids is 1. The van der Waals surface area contributed by atoms with Gasteiger partial charge >= 0.3 is 0 Å². The number of aliphatic hydroxyl groups is 1. The summed E-state index contributed by atoms with van der Waals surface area (Å²) in [7, 11) is 0. The van der Waals surface area contributed by atoms with E-state index in [9.17, 15) is 9.90 Å². The number of likely N-dealkylation sites (tertiary alicyclic amines) is 1. The number of aromatic nitrogens is 2. The third kappa shape index (κ3) is 3.45. The van der Waals surface area contributed by atoms with Crippen molar-refractivity contribution in [2.45, 2.75) is 31.8 Å². The lowest BCUT2D eigenvalue weighted by Gasteiger charge is -2.41. The van der Waals surface area contributed by atoms with Gasteiger partial charge in [0, 0.05) is 30.1 Å². The second-order valence-corrected chi connectivity index (χ2v) is 8.26. The molecular formula is C22H23N3O2S. The highest BCUT2D eigenvalue weighted by molar-refractivity contribution is 7.09. The predicted molar refractivity (Wildman–Crippen MR) is 109 cm³/mol. The number of piperidine rings is 1. The second kappa shape index (κ2) is 7.81. The van der Waals surface area contributed by atoms with Gasteiger partial charge in [0.2, 0.25) is 0 Å². The SMILES string of the molecule is Cc1nc(C2(c3ccccc3)CCN(C(=O)c3cc(CO)ccn3)CC2)cs1. The molecule has 1 saturated heterocycles. The van der Waals surface area contributed by atoms with Gasteiger partial charge in [-0.3, -0.25) is 9.78 Å². The maximum atomic E-state index is 12.9. The van der Waals surface area contributed by atoms with Gasteiger partial charge in [-0.2, -0.15) is 0 Å². The van der Waals surface area contributed by atoms with Crippen molar-refractivity contribution in [1.29, 1.82) is 0 Å². The van der Waals surface area contributed by atoms with Crippen LogP contribution in [0.3, 0.4) is 0 Å². The molecule has 6 heteroatoms. The van der Waals surface area contributed by atoms with E-state index < -0.39 is 0 Å². The van der Waals surface area contributed by atoms with Crippen LogP contribution >= 0.6 is 11.3 Å². The molecule has 3 heterocycles. The number of aryl methyl sites for hydroxylation is 1. The Bertz CT molecular complexity index is 963. The summed E-state index contributed by atoms with van der Waals surface area (Å²) in [6.45, 7) is 3.24. The Kier molecular flexibility index (Phi) is 5.24. The van der Waals surface area contributed by atoms with E-state index in [4.69, 9.17) is 4.98 Å². The van der Waals surface area contributed by atoms with E-state index in [1.54, 1.807) is 29.7 Å². The standard InChI is InChI=1S/C22H23N3O2S/c1-16-24-20(15-28-16)22(18-5-3-2-4-6-18)8-11-25(12-9-22)21(27)19-13-17(14-26)7-10-23-19/h2-7,10,13,15,26H,8-9,11-12,14H2,1H3. The maximum Gasteiger partial charge on any atom is 0.272 e. The van der Waals surface area contributed by atoms with Crippen LogP contribution in [-0.2, 0) is 12.0 Å². The highest BCUT2D eigenvalue weighted by atomic mass is 32.1. The third-order valence-corrected chi connectivity index (χ3v) is 6.34. The molecule has 1 fully saturated rings. The van der Waals surface area contributed by atoms with Crippen LogP contribution in [0.5, 0.6) is 0 Å². The minimum atomic E-state index is -0.164. The van der Waals surface area contributed by atoms with E-state index in [-0.39, 0.29) is 17.9 Å². The summed E-state index contributed by atoms with van der Waals surface area (Å²) >= 11 is 1.67. The van der Waals surface area contributed by atoms with Crippen molar-refractivity contribution in [3.8, 4) is 0 Å². The molecule has 1 aliphatic rings. The van der Waals surface area contributed by atoms with Crippen LogP contribution in [0.15, 0.2) is 54.0 Å². The first-order valence-corrected chi connectivity index (χ1v) is 10.3. The number of nitrogens with zero attached hydrogens (tertiary/aromatic N) is 3. The molecule has 1 N–H and O–H groups in total. The van der Waals surface area contributed by atoms with Gasteiger partial charge in [-0.05, 0) is 43.0 Å². The van der Waals surface area contributed by atoms with Crippen LogP contribution in [0.4, 0.5) is 0 Å². The predicted octanol–water partition coefficient (Wildman–Crippen LogP) is 3.56. The largest absolute Gasteiger partial charge is 0.392 e. The van der Waals surface area contributed by atoms with Gasteiger partial charge in [-0.15, -0.1) is 11.3 Å². The summed E-state index contributed by atoms with van der Waals surface area (Å²) in [6, 6.07) is 13.9. The van der Waals surface area contributed by atoms with E-state index in [2.05, 4.69) is 34.6 Å². The summed E-state index contributed by atoms with van der Waals surface area (Å²) in [4.78, 5) is 23.8. The number of carbonyl (C=O) groups is 1. The fourth-order valence-corrected chi connectivity index (χ4v) is 4.69. The Hall–Kier alpha value is -2.57. The fourth-order valence-electron chi connectivity index (χ4n) is 3.98. The van der Waals surface area contributed by atoms with E-state index in [0.717, 1.165) is 23.5 Å². The van der Waals surface area contributed by atoms with Crippen molar-refractivity contribution in [3.63, 3.8) is 0 Å². The number of aliphatic hydroxyl groups excluding tert-OH is 1. The normalized spacial score (nSPS) is 16.1. The minimum absolute atomic E-state index is 0.0774. The lowest BCUT2D eigenvalue weighted by Crippen LogP contribution is -2.46. The monoisotopic (exact) mass is 393 g/mol. The second-order valence-electron chi connectivity index (χ2n) is 7.20. The average molecular weight is 394 g/mol. The van der Waals surface area contributed by atoms with Crippen LogP contribution in [0.1, 0.15) is 45.2 Å². The molecule has 1 aliphatic heterocycles. The molecule has 0 saturated carbocycles. The molecule has 0 radical (unpaired) electrons. The molecule has 0 aliphatic carbocycles. The quantitative estimate of drug-likeness (QED) is 0.736. The summed E-state index contributed by atoms with van der Waals surface area (Å²) in [5.74, 6) is -0.0774. The third-order valence-electron chi connectivity index (χ3n) is 5.57. The van der Waals surface area contributed by atoms with Crippen LogP contribution in [0, 0.1) is 6.92 Å². The summed E-state index contributed by atoms with van der Waals surface area (Å²) in [5.41, 5.74) is 3.29. The molecule has 3 aromatic rings. The fraction of sp³-hybridized carbons (Fsp3) is 0.318. The molecule has 4 rings (SSSR count). The maximum absolute atomic E-state index is 12.9. The zero-order chi connectivity index (χ0) is 19.6. The van der Waals surface area contributed by atoms with Crippen LogP contribution < -0.4 is 0 Å². The Morgan fingerprint density at radius 3 is 2.61 bits per heavy atom. The van der Waals surface area contributed by atoms with Crippen molar-refractivity contribution in [2.24, 2.45) is 0 Å². The van der Waals surface area contributed by atoms with Crippen LogP contribution in [0.2, 0.25) is 0 Å². The van der Waals surface area contributed by atoms with Gasteiger partial charge in [-0.1, -0.05) is 30.3 Å². The zero-order valence-corrected chi connectivity index (χ0v) is 16.7. The first kappa shape index (κ1) is 18.8. The van der Waals surface area contributed by atoms with E-state index in [1.165, 1.54) is 5.56 Å². The Labute approximate surface area is 168 Å². The Morgan fingerprint density at radius 2 is 1.96 bits per heavy atom. The van der Waals surface area contributed by atoms with Crippen molar-refractivity contribution in [1.82, 2.24) is 14.9 Å². The first-order valence-electron chi connectivity index (χ1n) is 9.45. The van der Waals surface area contributed by atoms with Gasteiger partial charge in [0.05, 0.1) is 17.3 Å². The molecule has 5 nitrogen and oxygen atoms in total. The molecule has 2 aromatic heterocycles. The Balaban J connectivity index is 1.59. The summed E-state index contributed by atoms with van der Waals surface area (Å²) in [6.07, 6.45) is 3.23. The molecule has 0 unspecified atom stereocenters. The molecule has 1 amide bonds. The number of pyridine rings is 1. The van der Waals surface area contributed by atoms with Crippen molar-refractivity contribution >= 4 is 17.2 Å². The summed E-state index contributed by atoms with van der Waals surface area (Å²) in [5, 5.41) is 12.5. The molecular weight excluding hydrogens is 370 g/mol. The van der Waals surface area contributed by atoms with Crippen LogP contribution in [-0.4, -0.2) is 39.0 Å². The molecule has 144 valence electrons. The zero-order valence-electron chi connectivity index (χ0n) is 15.8. The highest BCUT2D eigenvalue weighted by Gasteiger charge is 2.40. The van der Waals surface area contributed by atoms with Crippen molar-refractivity contribution in [2.75, 3.05) is 13.1 Å². The molecule has 0 bridgehead atoms. The van der Waals surface area contributed by atoms with Crippen molar-refractivity contribution < 1.29 is 9.90 Å². The smallest absolute Gasteiger partial charge is 0.272 e. The lowest BCUT2D eigenvalue weighted by molar-refractivity contribution is 0.0678. The number of benzene rings is 1. The van der Waals surface area contributed by atoms with E-state index in [0.29, 0.717) is 24.3 Å². The number of amides is 1. The molecule has 1 aromatic carbocycles. The summed E-state index contributed by atoms with van der Waals surface area (Å²) < 4.78 is 0. The number of thiazole rings is 1. The van der Waals surface area contributed by atoms with Gasteiger partial charge in [0.1, 0.15) is 5.69 Å².